The predicted octanol–water partition coefficient (Wildman–Crippen LogP) is 1.33. The second kappa shape index (κ2) is 6.05. The van der Waals surface area contributed by atoms with E-state index in [-0.39, 0.29) is 0 Å². The van der Waals surface area contributed by atoms with Crippen LogP contribution in [0.1, 0.15) is 5.69 Å². The van der Waals surface area contributed by atoms with E-state index in [9.17, 15) is 0 Å². The molecule has 2 aliphatic rings. The van der Waals surface area contributed by atoms with Gasteiger partial charge in [0.05, 0.1) is 12.4 Å². The maximum absolute atomic E-state index is 4.74. The van der Waals surface area contributed by atoms with Crippen LogP contribution in [0.5, 0.6) is 0 Å². The lowest BCUT2D eigenvalue weighted by Crippen LogP contribution is -2.30. The summed E-state index contributed by atoms with van der Waals surface area (Å²) in [7, 11) is 0. The highest BCUT2D eigenvalue weighted by molar-refractivity contribution is 5.45. The van der Waals surface area contributed by atoms with E-state index >= 15 is 0 Å². The summed E-state index contributed by atoms with van der Waals surface area (Å²) >= 11 is 0. The molecule has 8 nitrogen and oxygen atoms in total. The van der Waals surface area contributed by atoms with Crippen molar-refractivity contribution in [2.75, 3.05) is 36.0 Å². The van der Waals surface area contributed by atoms with E-state index in [0.29, 0.717) is 11.8 Å². The van der Waals surface area contributed by atoms with Crippen LogP contribution in [0.15, 0.2) is 43.2 Å². The molecule has 0 saturated carbocycles. The van der Waals surface area contributed by atoms with Gasteiger partial charge in [-0.25, -0.2) is 19.6 Å². The van der Waals surface area contributed by atoms with E-state index in [2.05, 4.69) is 35.9 Å². The molecule has 132 valence electrons. The van der Waals surface area contributed by atoms with E-state index in [1.165, 1.54) is 0 Å². The van der Waals surface area contributed by atoms with Crippen molar-refractivity contribution >= 4 is 11.6 Å². The Balaban J connectivity index is 1.31. The van der Waals surface area contributed by atoms with E-state index in [1.54, 1.807) is 23.4 Å². The van der Waals surface area contributed by atoms with Crippen molar-refractivity contribution in [3.05, 3.63) is 48.9 Å². The van der Waals surface area contributed by atoms with Gasteiger partial charge in [0, 0.05) is 62.2 Å². The molecule has 2 aliphatic heterocycles. The van der Waals surface area contributed by atoms with Gasteiger partial charge in [-0.05, 0) is 13.0 Å². The number of nitrogens with zero attached hydrogens (tertiary/aromatic N) is 8. The normalized spacial score (nSPS) is 22.0. The summed E-state index contributed by atoms with van der Waals surface area (Å²) in [6.45, 7) is 6.08. The standard InChI is InChI=1S/C18H20N8/c1-13-5-16(21-12-20-13)24-8-14-10-25(11-15(14)9-24)17-6-19-7-18(23-17)26-4-2-3-22-26/h2-7,12,14-15H,8-11H2,1H3. The summed E-state index contributed by atoms with van der Waals surface area (Å²) in [6.07, 6.45) is 8.87. The molecular weight excluding hydrogens is 328 g/mol. The molecule has 2 fully saturated rings. The number of fused-ring (bicyclic) bond motifs is 1. The lowest BCUT2D eigenvalue weighted by Gasteiger charge is -2.23. The van der Waals surface area contributed by atoms with Crippen LogP contribution in [0.3, 0.4) is 0 Å². The van der Waals surface area contributed by atoms with Crippen LogP contribution in [0.25, 0.3) is 5.82 Å². The zero-order valence-electron chi connectivity index (χ0n) is 14.6. The monoisotopic (exact) mass is 348 g/mol. The van der Waals surface area contributed by atoms with Crippen molar-refractivity contribution in [2.45, 2.75) is 6.92 Å². The first-order valence-corrected chi connectivity index (χ1v) is 8.87. The number of anilines is 2. The largest absolute Gasteiger partial charge is 0.356 e. The van der Waals surface area contributed by atoms with Crippen LogP contribution < -0.4 is 9.80 Å². The zero-order valence-corrected chi connectivity index (χ0v) is 14.6. The third kappa shape index (κ3) is 2.67. The predicted molar refractivity (Wildman–Crippen MR) is 97.3 cm³/mol. The van der Waals surface area contributed by atoms with Crippen molar-refractivity contribution in [2.24, 2.45) is 11.8 Å². The van der Waals surface area contributed by atoms with Crippen LogP contribution in [0, 0.1) is 18.8 Å². The Morgan fingerprint density at radius 2 is 1.65 bits per heavy atom. The van der Waals surface area contributed by atoms with Crippen molar-refractivity contribution in [1.82, 2.24) is 29.7 Å². The summed E-state index contributed by atoms with van der Waals surface area (Å²) in [5.41, 5.74) is 1.01. The average Bonchev–Trinajstić information content (AvgIpc) is 3.38. The highest BCUT2D eigenvalue weighted by atomic mass is 15.3. The molecule has 2 unspecified atom stereocenters. The Hall–Kier alpha value is -3.03. The fourth-order valence-corrected chi connectivity index (χ4v) is 3.99. The molecule has 0 bridgehead atoms. The van der Waals surface area contributed by atoms with Gasteiger partial charge >= 0.3 is 0 Å². The smallest absolute Gasteiger partial charge is 0.173 e. The SMILES string of the molecule is Cc1cc(N2CC3CN(c4cncc(-n5cccn5)n4)CC3C2)ncn1. The van der Waals surface area contributed by atoms with Crippen molar-refractivity contribution in [3.8, 4) is 5.82 Å². The zero-order chi connectivity index (χ0) is 17.5. The Bertz CT molecular complexity index is 895. The maximum atomic E-state index is 4.74. The molecule has 5 heterocycles. The summed E-state index contributed by atoms with van der Waals surface area (Å²) in [5.74, 6) is 3.97. The minimum atomic E-state index is 0.625. The molecule has 2 saturated heterocycles. The van der Waals surface area contributed by atoms with E-state index in [1.807, 2.05) is 25.4 Å². The van der Waals surface area contributed by atoms with Crippen molar-refractivity contribution < 1.29 is 0 Å². The molecule has 8 heteroatoms. The summed E-state index contributed by atoms with van der Waals surface area (Å²) in [4.78, 5) is 22.5. The van der Waals surface area contributed by atoms with Gasteiger partial charge in [0.2, 0.25) is 0 Å². The fraction of sp³-hybridized carbons (Fsp3) is 0.389. The number of aryl methyl sites for hydroxylation is 1. The fourth-order valence-electron chi connectivity index (χ4n) is 3.99. The molecule has 2 atom stereocenters. The quantitative estimate of drug-likeness (QED) is 0.707. The van der Waals surface area contributed by atoms with Crippen LogP contribution in [-0.2, 0) is 0 Å². The van der Waals surface area contributed by atoms with Gasteiger partial charge < -0.3 is 9.80 Å². The number of rotatable bonds is 3. The molecule has 3 aromatic heterocycles. The summed E-state index contributed by atoms with van der Waals surface area (Å²) in [6, 6.07) is 3.95. The first-order chi connectivity index (χ1) is 12.8. The molecule has 0 spiro atoms. The number of aromatic nitrogens is 6. The summed E-state index contributed by atoms with van der Waals surface area (Å²) < 4.78 is 1.74. The molecule has 0 N–H and O–H groups in total. The van der Waals surface area contributed by atoms with Crippen LogP contribution >= 0.6 is 0 Å². The minimum Gasteiger partial charge on any atom is -0.356 e. The molecule has 0 aromatic carbocycles. The molecule has 3 aromatic rings. The number of hydrogen-bond acceptors (Lipinski definition) is 7. The first kappa shape index (κ1) is 15.2. The van der Waals surface area contributed by atoms with Gasteiger partial charge in [0.1, 0.15) is 18.0 Å². The maximum Gasteiger partial charge on any atom is 0.173 e. The Kier molecular flexibility index (Phi) is 3.55. The molecule has 26 heavy (non-hydrogen) atoms. The molecule has 5 rings (SSSR count). The van der Waals surface area contributed by atoms with Gasteiger partial charge in [0.15, 0.2) is 5.82 Å². The lowest BCUT2D eigenvalue weighted by molar-refractivity contribution is 0.533. The lowest BCUT2D eigenvalue weighted by atomic mass is 10.0. The highest BCUT2D eigenvalue weighted by Crippen LogP contribution is 2.35. The Labute approximate surface area is 151 Å². The molecular formula is C18H20N8. The highest BCUT2D eigenvalue weighted by Gasteiger charge is 2.41. The molecule has 0 aliphatic carbocycles. The topological polar surface area (TPSA) is 75.9 Å². The van der Waals surface area contributed by atoms with Gasteiger partial charge in [-0.15, -0.1) is 0 Å². The number of hydrogen-bond donors (Lipinski definition) is 0. The van der Waals surface area contributed by atoms with E-state index < -0.39 is 0 Å². The van der Waals surface area contributed by atoms with Gasteiger partial charge in [0.25, 0.3) is 0 Å². The minimum absolute atomic E-state index is 0.625. The Morgan fingerprint density at radius 1 is 0.923 bits per heavy atom. The third-order valence-electron chi connectivity index (χ3n) is 5.27. The average molecular weight is 348 g/mol. The van der Waals surface area contributed by atoms with Gasteiger partial charge in [-0.2, -0.15) is 5.10 Å². The van der Waals surface area contributed by atoms with Crippen LogP contribution in [0.2, 0.25) is 0 Å². The van der Waals surface area contributed by atoms with Crippen LogP contribution in [0.4, 0.5) is 11.6 Å². The Morgan fingerprint density at radius 3 is 2.35 bits per heavy atom. The van der Waals surface area contributed by atoms with Gasteiger partial charge in [-0.1, -0.05) is 0 Å². The van der Waals surface area contributed by atoms with Crippen molar-refractivity contribution in [3.63, 3.8) is 0 Å². The second-order valence-corrected chi connectivity index (χ2v) is 7.03. The van der Waals surface area contributed by atoms with Gasteiger partial charge in [-0.3, -0.25) is 4.98 Å². The van der Waals surface area contributed by atoms with E-state index in [0.717, 1.165) is 49.3 Å². The summed E-state index contributed by atoms with van der Waals surface area (Å²) in [5, 5.41) is 4.24. The van der Waals surface area contributed by atoms with E-state index in [4.69, 9.17) is 4.98 Å². The van der Waals surface area contributed by atoms with Crippen LogP contribution in [-0.4, -0.2) is 55.9 Å². The first-order valence-electron chi connectivity index (χ1n) is 8.87. The molecule has 0 amide bonds. The third-order valence-corrected chi connectivity index (χ3v) is 5.27. The molecule has 0 radical (unpaired) electrons. The van der Waals surface area contributed by atoms with Crippen molar-refractivity contribution in [1.29, 1.82) is 0 Å². The second-order valence-electron chi connectivity index (χ2n) is 7.03.